The van der Waals surface area contributed by atoms with Crippen molar-refractivity contribution in [3.05, 3.63) is 40.4 Å². The maximum absolute atomic E-state index is 12.5. The summed E-state index contributed by atoms with van der Waals surface area (Å²) in [5.41, 5.74) is 1.25. The summed E-state index contributed by atoms with van der Waals surface area (Å²) >= 11 is 0.836. The van der Waals surface area contributed by atoms with Crippen molar-refractivity contribution in [1.29, 1.82) is 0 Å². The van der Waals surface area contributed by atoms with E-state index >= 15 is 0 Å². The molecule has 0 saturated heterocycles. The Balaban J connectivity index is 2.43. The molecule has 21 heavy (non-hydrogen) atoms. The maximum Gasteiger partial charge on any atom is 0.347 e. The number of hydrogen-bond donors (Lipinski definition) is 1. The Morgan fingerprint density at radius 3 is 2.29 bits per heavy atom. The number of aromatic nitrogens is 1. The normalized spacial score (nSPS) is 11.4. The summed E-state index contributed by atoms with van der Waals surface area (Å²) in [5, 5.41) is 9.14. The first-order valence-corrected chi connectivity index (χ1v) is 8.25. The zero-order valence-corrected chi connectivity index (χ0v) is 13.3. The molecule has 0 spiro atoms. The highest BCUT2D eigenvalue weighted by Crippen LogP contribution is 2.29. The van der Waals surface area contributed by atoms with Gasteiger partial charge in [0, 0.05) is 7.05 Å². The fourth-order valence-electron chi connectivity index (χ4n) is 1.69. The molecule has 1 aromatic heterocycles. The van der Waals surface area contributed by atoms with E-state index in [0.717, 1.165) is 21.2 Å². The van der Waals surface area contributed by atoms with Crippen molar-refractivity contribution < 1.29 is 18.3 Å². The van der Waals surface area contributed by atoms with E-state index in [2.05, 4.69) is 4.98 Å². The third-order valence-corrected chi connectivity index (χ3v) is 6.03. The average Bonchev–Trinajstić information content (AvgIpc) is 2.80. The molecule has 0 atom stereocenters. The lowest BCUT2D eigenvalue weighted by molar-refractivity contribution is 0.0701. The van der Waals surface area contributed by atoms with Gasteiger partial charge in [0.2, 0.25) is 0 Å². The van der Waals surface area contributed by atoms with E-state index in [9.17, 15) is 13.2 Å². The van der Waals surface area contributed by atoms with Gasteiger partial charge in [-0.2, -0.15) is 0 Å². The molecule has 0 aliphatic heterocycles. The summed E-state index contributed by atoms with van der Waals surface area (Å²) < 4.78 is 26.0. The first kappa shape index (κ1) is 15.5. The molecule has 2 rings (SSSR count). The molecule has 0 radical (unpaired) electrons. The number of rotatable bonds is 4. The van der Waals surface area contributed by atoms with Crippen molar-refractivity contribution in [2.24, 2.45) is 0 Å². The van der Waals surface area contributed by atoms with E-state index in [1.807, 2.05) is 6.92 Å². The molecule has 6 nitrogen and oxygen atoms in total. The van der Waals surface area contributed by atoms with Crippen molar-refractivity contribution in [3.8, 4) is 0 Å². The van der Waals surface area contributed by atoms with Crippen LogP contribution >= 0.6 is 11.3 Å². The topological polar surface area (TPSA) is 87.6 Å². The van der Waals surface area contributed by atoms with Gasteiger partial charge in [0.05, 0.1) is 10.6 Å². The summed E-state index contributed by atoms with van der Waals surface area (Å²) in [4.78, 5) is 15.2. The summed E-state index contributed by atoms with van der Waals surface area (Å²) in [6, 6.07) is 6.44. The lowest BCUT2D eigenvalue weighted by atomic mass is 10.2. The Morgan fingerprint density at radius 1 is 1.24 bits per heavy atom. The van der Waals surface area contributed by atoms with Crippen molar-refractivity contribution in [2.75, 3.05) is 11.4 Å². The van der Waals surface area contributed by atoms with E-state index in [1.165, 1.54) is 26.1 Å². The summed E-state index contributed by atoms with van der Waals surface area (Å²) in [6.07, 6.45) is 0. The minimum Gasteiger partial charge on any atom is -0.477 e. The van der Waals surface area contributed by atoms with E-state index in [4.69, 9.17) is 5.11 Å². The monoisotopic (exact) mass is 326 g/mol. The minimum atomic E-state index is -3.75. The first-order chi connectivity index (χ1) is 9.73. The predicted octanol–water partition coefficient (Wildman–Crippen LogP) is 2.28. The number of sulfonamides is 1. The van der Waals surface area contributed by atoms with Gasteiger partial charge >= 0.3 is 5.97 Å². The largest absolute Gasteiger partial charge is 0.477 e. The second-order valence-electron chi connectivity index (χ2n) is 4.50. The predicted molar refractivity (Wildman–Crippen MR) is 80.6 cm³/mol. The molecular formula is C13H14N2O4S2. The van der Waals surface area contributed by atoms with Crippen molar-refractivity contribution in [3.63, 3.8) is 0 Å². The van der Waals surface area contributed by atoms with Gasteiger partial charge in [-0.3, -0.25) is 0 Å². The number of thiazole rings is 1. The van der Waals surface area contributed by atoms with Gasteiger partial charge in [-0.1, -0.05) is 29.0 Å². The SMILES string of the molecule is Cc1ccc(S(=O)(=O)N(C)c2nc(C)c(C(=O)O)s2)cc1. The molecule has 112 valence electrons. The summed E-state index contributed by atoms with van der Waals surface area (Å²) in [6.45, 7) is 3.40. The Morgan fingerprint density at radius 2 is 1.81 bits per heavy atom. The van der Waals surface area contributed by atoms with Gasteiger partial charge in [-0.15, -0.1) is 0 Å². The molecule has 1 aromatic carbocycles. The van der Waals surface area contributed by atoms with Gasteiger partial charge in [0.25, 0.3) is 10.0 Å². The van der Waals surface area contributed by atoms with Crippen LogP contribution in [0.5, 0.6) is 0 Å². The number of carbonyl (C=O) groups is 1. The summed E-state index contributed by atoms with van der Waals surface area (Å²) in [5.74, 6) is -1.11. The smallest absolute Gasteiger partial charge is 0.347 e. The Kier molecular flexibility index (Phi) is 4.02. The van der Waals surface area contributed by atoms with E-state index < -0.39 is 16.0 Å². The number of carboxylic acids is 1. The summed E-state index contributed by atoms with van der Waals surface area (Å²) in [7, 11) is -2.39. The molecule has 0 fully saturated rings. The zero-order chi connectivity index (χ0) is 15.8. The fraction of sp³-hybridized carbons (Fsp3) is 0.231. The van der Waals surface area contributed by atoms with Gasteiger partial charge in [-0.25, -0.2) is 22.5 Å². The van der Waals surface area contributed by atoms with Crippen LogP contribution in [0.3, 0.4) is 0 Å². The number of benzene rings is 1. The van der Waals surface area contributed by atoms with Crippen molar-refractivity contribution in [1.82, 2.24) is 4.98 Å². The van der Waals surface area contributed by atoms with Crippen LogP contribution in [0.2, 0.25) is 0 Å². The lowest BCUT2D eigenvalue weighted by Gasteiger charge is -2.16. The molecule has 0 amide bonds. The molecule has 0 saturated carbocycles. The van der Waals surface area contributed by atoms with Crippen LogP contribution in [0.4, 0.5) is 5.13 Å². The Labute approximate surface area is 126 Å². The number of carboxylic acid groups (broad SMARTS) is 1. The van der Waals surface area contributed by atoms with Gasteiger partial charge in [0.1, 0.15) is 4.88 Å². The standard InChI is InChI=1S/C13H14N2O4S2/c1-8-4-6-10(7-5-8)21(18,19)15(3)13-14-9(2)11(20-13)12(16)17/h4-7H,1-3H3,(H,16,17). The minimum absolute atomic E-state index is 0.0379. The van der Waals surface area contributed by atoms with Crippen LogP contribution in [0, 0.1) is 13.8 Å². The number of aromatic carboxylic acids is 1. The number of nitrogens with zero attached hydrogens (tertiary/aromatic N) is 2. The molecule has 8 heteroatoms. The molecule has 0 unspecified atom stereocenters. The lowest BCUT2D eigenvalue weighted by Crippen LogP contribution is -2.26. The van der Waals surface area contributed by atoms with Crippen LogP contribution in [0.1, 0.15) is 20.9 Å². The van der Waals surface area contributed by atoms with Crippen LogP contribution in [-0.4, -0.2) is 31.5 Å². The van der Waals surface area contributed by atoms with Gasteiger partial charge in [-0.05, 0) is 26.0 Å². The van der Waals surface area contributed by atoms with Crippen LogP contribution in [-0.2, 0) is 10.0 Å². The van der Waals surface area contributed by atoms with Crippen LogP contribution in [0.25, 0.3) is 0 Å². The number of anilines is 1. The second-order valence-corrected chi connectivity index (χ2v) is 7.45. The third kappa shape index (κ3) is 2.91. The molecular weight excluding hydrogens is 312 g/mol. The number of hydrogen-bond acceptors (Lipinski definition) is 5. The van der Waals surface area contributed by atoms with Crippen LogP contribution in [0.15, 0.2) is 29.2 Å². The molecule has 2 aromatic rings. The molecule has 0 bridgehead atoms. The zero-order valence-electron chi connectivity index (χ0n) is 11.7. The molecule has 0 aliphatic carbocycles. The maximum atomic E-state index is 12.5. The second kappa shape index (κ2) is 5.45. The third-order valence-electron chi connectivity index (χ3n) is 2.93. The van der Waals surface area contributed by atoms with E-state index in [1.54, 1.807) is 12.1 Å². The number of aryl methyl sites for hydroxylation is 2. The highest BCUT2D eigenvalue weighted by atomic mass is 32.2. The van der Waals surface area contributed by atoms with Gasteiger partial charge in [0.15, 0.2) is 5.13 Å². The van der Waals surface area contributed by atoms with Crippen molar-refractivity contribution in [2.45, 2.75) is 18.7 Å². The fourth-order valence-corrected chi connectivity index (χ4v) is 3.91. The van der Waals surface area contributed by atoms with E-state index in [-0.39, 0.29) is 14.9 Å². The quantitative estimate of drug-likeness (QED) is 0.931. The van der Waals surface area contributed by atoms with Crippen LogP contribution < -0.4 is 4.31 Å². The van der Waals surface area contributed by atoms with E-state index in [0.29, 0.717) is 5.69 Å². The molecule has 1 N–H and O–H groups in total. The Hall–Kier alpha value is -1.93. The molecule has 0 aliphatic rings. The average molecular weight is 326 g/mol. The Bertz CT molecular complexity index is 779. The highest BCUT2D eigenvalue weighted by Gasteiger charge is 2.25. The highest BCUT2D eigenvalue weighted by molar-refractivity contribution is 7.93. The van der Waals surface area contributed by atoms with Crippen molar-refractivity contribution >= 4 is 32.5 Å². The molecule has 1 heterocycles. The first-order valence-electron chi connectivity index (χ1n) is 6.00. The van der Waals surface area contributed by atoms with Gasteiger partial charge < -0.3 is 5.11 Å².